The summed E-state index contributed by atoms with van der Waals surface area (Å²) in [6.45, 7) is 1.57. The van der Waals surface area contributed by atoms with E-state index in [2.05, 4.69) is 17.3 Å². The van der Waals surface area contributed by atoms with Gasteiger partial charge in [-0.25, -0.2) is 0 Å². The van der Waals surface area contributed by atoms with Crippen molar-refractivity contribution in [2.45, 2.75) is 62.9 Å². The fraction of sp³-hybridized carbons (Fsp3) is 1.00. The molecule has 0 aliphatic heterocycles. The molecule has 3 aliphatic rings. The number of likely N-dealkylation sites (N-methyl/N-ethyl adjacent to an activating group) is 1. The van der Waals surface area contributed by atoms with Crippen molar-refractivity contribution in [3.63, 3.8) is 0 Å². The van der Waals surface area contributed by atoms with Gasteiger partial charge in [0.15, 0.2) is 0 Å². The summed E-state index contributed by atoms with van der Waals surface area (Å²) in [6.07, 6.45) is 10.8. The standard InChI is InChI=1S/C17H32N2O/c1-18-17(12-20)7-3-4-16(10-17)19(2)11-15-9-13-5-6-14(15)8-13/h13-16,18,20H,3-12H2,1-2H3. The molecule has 0 spiro atoms. The van der Waals surface area contributed by atoms with Crippen LogP contribution in [-0.2, 0) is 0 Å². The Morgan fingerprint density at radius 2 is 2.10 bits per heavy atom. The maximum atomic E-state index is 9.73. The molecule has 0 aromatic carbocycles. The first-order chi connectivity index (χ1) is 9.65. The van der Waals surface area contributed by atoms with Crippen molar-refractivity contribution in [1.29, 1.82) is 0 Å². The van der Waals surface area contributed by atoms with Crippen molar-refractivity contribution >= 4 is 0 Å². The van der Waals surface area contributed by atoms with Crippen LogP contribution >= 0.6 is 0 Å². The number of hydrogen-bond acceptors (Lipinski definition) is 3. The van der Waals surface area contributed by atoms with E-state index in [1.54, 1.807) is 0 Å². The van der Waals surface area contributed by atoms with Gasteiger partial charge in [0, 0.05) is 18.1 Å². The van der Waals surface area contributed by atoms with Gasteiger partial charge >= 0.3 is 0 Å². The Morgan fingerprint density at radius 1 is 1.25 bits per heavy atom. The zero-order valence-corrected chi connectivity index (χ0v) is 13.3. The number of nitrogens with zero attached hydrogens (tertiary/aromatic N) is 1. The van der Waals surface area contributed by atoms with E-state index < -0.39 is 0 Å². The van der Waals surface area contributed by atoms with E-state index in [0.29, 0.717) is 6.04 Å². The van der Waals surface area contributed by atoms with E-state index in [1.807, 2.05) is 7.05 Å². The fourth-order valence-corrected chi connectivity index (χ4v) is 5.28. The summed E-state index contributed by atoms with van der Waals surface area (Å²) >= 11 is 0. The van der Waals surface area contributed by atoms with Crippen molar-refractivity contribution in [2.75, 3.05) is 27.2 Å². The monoisotopic (exact) mass is 280 g/mol. The summed E-state index contributed by atoms with van der Waals surface area (Å²) in [5, 5.41) is 13.1. The first-order valence-corrected chi connectivity index (χ1v) is 8.66. The minimum atomic E-state index is -0.0220. The molecule has 0 saturated heterocycles. The Labute approximate surface area is 124 Å². The lowest BCUT2D eigenvalue weighted by Crippen LogP contribution is -2.54. The summed E-state index contributed by atoms with van der Waals surface area (Å²) in [5.41, 5.74) is -0.0220. The Bertz CT molecular complexity index is 329. The van der Waals surface area contributed by atoms with Crippen molar-refractivity contribution in [2.24, 2.45) is 17.8 Å². The zero-order valence-electron chi connectivity index (χ0n) is 13.3. The van der Waals surface area contributed by atoms with Crippen LogP contribution in [0, 0.1) is 17.8 Å². The molecule has 0 aromatic heterocycles. The molecule has 3 rings (SSSR count). The summed E-state index contributed by atoms with van der Waals surface area (Å²) in [7, 11) is 4.33. The SMILES string of the molecule is CNC1(CO)CCCC(N(C)CC2CC3CCC2C3)C1. The van der Waals surface area contributed by atoms with Crippen molar-refractivity contribution in [1.82, 2.24) is 10.2 Å². The molecule has 20 heavy (non-hydrogen) atoms. The van der Waals surface area contributed by atoms with E-state index in [9.17, 15) is 5.11 Å². The number of hydrogen-bond donors (Lipinski definition) is 2. The van der Waals surface area contributed by atoms with Crippen LogP contribution < -0.4 is 5.32 Å². The van der Waals surface area contributed by atoms with Crippen LogP contribution in [0.1, 0.15) is 51.4 Å². The van der Waals surface area contributed by atoms with E-state index in [4.69, 9.17) is 0 Å². The van der Waals surface area contributed by atoms with Crippen molar-refractivity contribution < 1.29 is 5.11 Å². The Morgan fingerprint density at radius 3 is 2.70 bits per heavy atom. The highest BCUT2D eigenvalue weighted by atomic mass is 16.3. The van der Waals surface area contributed by atoms with Crippen molar-refractivity contribution in [3.05, 3.63) is 0 Å². The van der Waals surface area contributed by atoms with Gasteiger partial charge in [-0.3, -0.25) is 0 Å². The zero-order chi connectivity index (χ0) is 14.2. The number of nitrogens with one attached hydrogen (secondary N) is 1. The third-order valence-corrected chi connectivity index (χ3v) is 6.68. The highest BCUT2D eigenvalue weighted by molar-refractivity contribution is 4.97. The molecule has 5 unspecified atom stereocenters. The molecule has 0 radical (unpaired) electrons. The second kappa shape index (κ2) is 5.94. The highest BCUT2D eigenvalue weighted by Crippen LogP contribution is 2.48. The topological polar surface area (TPSA) is 35.5 Å². The van der Waals surface area contributed by atoms with E-state index in [-0.39, 0.29) is 12.1 Å². The van der Waals surface area contributed by atoms with Gasteiger partial charge in [0.05, 0.1) is 6.61 Å². The van der Waals surface area contributed by atoms with Gasteiger partial charge in [0.2, 0.25) is 0 Å². The lowest BCUT2D eigenvalue weighted by Gasteiger charge is -2.44. The molecule has 3 fully saturated rings. The quantitative estimate of drug-likeness (QED) is 0.811. The molecular formula is C17H32N2O. The second-order valence-electron chi connectivity index (χ2n) is 7.81. The molecular weight excluding hydrogens is 248 g/mol. The van der Waals surface area contributed by atoms with Gasteiger partial charge in [-0.2, -0.15) is 0 Å². The van der Waals surface area contributed by atoms with Crippen molar-refractivity contribution in [3.8, 4) is 0 Å². The summed E-state index contributed by atoms with van der Waals surface area (Å²) in [6, 6.07) is 0.655. The molecule has 3 aliphatic carbocycles. The average molecular weight is 280 g/mol. The molecule has 116 valence electrons. The first-order valence-electron chi connectivity index (χ1n) is 8.66. The second-order valence-corrected chi connectivity index (χ2v) is 7.81. The molecule has 3 nitrogen and oxygen atoms in total. The highest BCUT2D eigenvalue weighted by Gasteiger charge is 2.41. The number of rotatable bonds is 5. The number of fused-ring (bicyclic) bond motifs is 2. The number of aliphatic hydroxyl groups is 1. The van der Waals surface area contributed by atoms with Crippen LogP contribution in [0.5, 0.6) is 0 Å². The van der Waals surface area contributed by atoms with Crippen LogP contribution in [0.15, 0.2) is 0 Å². The lowest BCUT2D eigenvalue weighted by molar-refractivity contribution is 0.0637. The van der Waals surface area contributed by atoms with E-state index in [0.717, 1.165) is 30.6 Å². The molecule has 0 heterocycles. The van der Waals surface area contributed by atoms with Gasteiger partial charge in [-0.05, 0) is 76.8 Å². The van der Waals surface area contributed by atoms with Gasteiger partial charge in [-0.15, -0.1) is 0 Å². The fourth-order valence-electron chi connectivity index (χ4n) is 5.28. The van der Waals surface area contributed by atoms with Crippen LogP contribution in [-0.4, -0.2) is 48.8 Å². The number of aliphatic hydroxyl groups excluding tert-OH is 1. The van der Waals surface area contributed by atoms with Gasteiger partial charge in [0.25, 0.3) is 0 Å². The maximum absolute atomic E-state index is 9.73. The Hall–Kier alpha value is -0.120. The van der Waals surface area contributed by atoms with Crippen LogP contribution in [0.25, 0.3) is 0 Å². The lowest BCUT2D eigenvalue weighted by atomic mass is 9.78. The molecule has 3 saturated carbocycles. The molecule has 0 amide bonds. The maximum Gasteiger partial charge on any atom is 0.0613 e. The summed E-state index contributed by atoms with van der Waals surface area (Å²) in [5.74, 6) is 3.04. The molecule has 3 heteroatoms. The molecule has 2 bridgehead atoms. The molecule has 2 N–H and O–H groups in total. The molecule has 5 atom stereocenters. The normalized spacial score (nSPS) is 44.4. The van der Waals surface area contributed by atoms with Gasteiger partial charge in [-0.1, -0.05) is 6.42 Å². The smallest absolute Gasteiger partial charge is 0.0613 e. The summed E-state index contributed by atoms with van der Waals surface area (Å²) < 4.78 is 0. The third-order valence-electron chi connectivity index (χ3n) is 6.68. The average Bonchev–Trinajstić information content (AvgIpc) is 3.09. The van der Waals surface area contributed by atoms with E-state index in [1.165, 1.54) is 45.1 Å². The minimum absolute atomic E-state index is 0.0220. The minimum Gasteiger partial charge on any atom is -0.394 e. The molecule has 0 aromatic rings. The van der Waals surface area contributed by atoms with E-state index >= 15 is 0 Å². The third kappa shape index (κ3) is 2.77. The van der Waals surface area contributed by atoms with Crippen LogP contribution in [0.2, 0.25) is 0 Å². The summed E-state index contributed by atoms with van der Waals surface area (Å²) in [4.78, 5) is 2.62. The van der Waals surface area contributed by atoms with Gasteiger partial charge < -0.3 is 15.3 Å². The Kier molecular flexibility index (Phi) is 4.40. The Balaban J connectivity index is 1.55. The largest absolute Gasteiger partial charge is 0.394 e. The first kappa shape index (κ1) is 14.8. The van der Waals surface area contributed by atoms with Gasteiger partial charge in [0.1, 0.15) is 0 Å². The van der Waals surface area contributed by atoms with Crippen LogP contribution in [0.3, 0.4) is 0 Å². The van der Waals surface area contributed by atoms with Crippen LogP contribution in [0.4, 0.5) is 0 Å². The predicted molar refractivity (Wildman–Crippen MR) is 82.7 cm³/mol. The predicted octanol–water partition coefficient (Wildman–Crippen LogP) is 2.25.